The molecule has 3 N–H and O–H groups in total. The van der Waals surface area contributed by atoms with Gasteiger partial charge in [0, 0.05) is 12.8 Å². The van der Waals surface area contributed by atoms with Crippen molar-refractivity contribution in [1.29, 1.82) is 0 Å². The lowest BCUT2D eigenvalue weighted by Crippen LogP contribution is -2.45. The molecule has 0 radical (unpaired) electrons. The molecule has 6 heteroatoms. The number of hydrogen-bond donors (Lipinski definition) is 3. The Labute approximate surface area is 462 Å². The number of amides is 1. The van der Waals surface area contributed by atoms with Gasteiger partial charge in [-0.3, -0.25) is 9.59 Å². The monoisotopic (exact) mass is 1040 g/mol. The van der Waals surface area contributed by atoms with E-state index >= 15 is 0 Å². The van der Waals surface area contributed by atoms with Crippen molar-refractivity contribution in [3.63, 3.8) is 0 Å². The standard InChI is InChI=1S/C68H131NO5/c1-3-5-7-9-11-13-15-17-18-30-34-38-42-46-50-54-58-62-68(73)74-63-59-55-51-47-43-39-35-32-29-27-25-23-21-19-20-22-24-26-28-31-33-37-41-45-49-53-57-61-67(72)69-65(64-70)66(71)60-56-52-48-44-40-36-16-14-12-10-8-6-4-2/h11,13,17-18,65-66,70-71H,3-10,12,14-16,19-64H2,1-2H3,(H,69,72)/b13-11-,18-17-. The van der Waals surface area contributed by atoms with Crippen LogP contribution in [0.1, 0.15) is 373 Å². The highest BCUT2D eigenvalue weighted by atomic mass is 16.5. The number of unbranched alkanes of at least 4 members (excludes halogenated alkanes) is 48. The fraction of sp³-hybridized carbons (Fsp3) is 0.912. The van der Waals surface area contributed by atoms with Crippen molar-refractivity contribution in [2.75, 3.05) is 13.2 Å². The molecular weight excluding hydrogens is 911 g/mol. The van der Waals surface area contributed by atoms with E-state index in [1.165, 1.54) is 289 Å². The zero-order valence-electron chi connectivity index (χ0n) is 50.1. The molecule has 0 aliphatic rings. The largest absolute Gasteiger partial charge is 0.466 e. The molecule has 1 amide bonds. The zero-order chi connectivity index (χ0) is 53.6. The third-order valence-electron chi connectivity index (χ3n) is 15.8. The van der Waals surface area contributed by atoms with Gasteiger partial charge in [-0.05, 0) is 57.8 Å². The van der Waals surface area contributed by atoms with E-state index in [9.17, 15) is 19.8 Å². The molecule has 0 aromatic rings. The number of aliphatic hydroxyl groups is 2. The molecule has 2 atom stereocenters. The molecule has 74 heavy (non-hydrogen) atoms. The zero-order valence-corrected chi connectivity index (χ0v) is 50.1. The Hall–Kier alpha value is -1.66. The van der Waals surface area contributed by atoms with Gasteiger partial charge in [-0.25, -0.2) is 0 Å². The average molecular weight is 1040 g/mol. The summed E-state index contributed by atoms with van der Waals surface area (Å²) in [5.74, 6) is -0.0197. The average Bonchev–Trinajstić information content (AvgIpc) is 3.40. The van der Waals surface area contributed by atoms with Crippen molar-refractivity contribution < 1.29 is 24.5 Å². The summed E-state index contributed by atoms with van der Waals surface area (Å²) in [6.07, 6.45) is 79.3. The first kappa shape index (κ1) is 72.3. The molecule has 0 rings (SSSR count). The second-order valence-electron chi connectivity index (χ2n) is 23.2. The summed E-state index contributed by atoms with van der Waals surface area (Å²) >= 11 is 0. The SMILES string of the molecule is CCCCC/C=C\C/C=C\CCCCCCCCCC(=O)OCCCCCCCCCCCCCCCCCCCCCCCCCCCCCC(=O)NC(CO)C(O)CCCCCCCCCCCCCCC. The Morgan fingerprint density at radius 2 is 0.676 bits per heavy atom. The molecule has 0 saturated carbocycles. The van der Waals surface area contributed by atoms with Crippen molar-refractivity contribution in [1.82, 2.24) is 5.32 Å². The molecule has 0 aliphatic carbocycles. The maximum absolute atomic E-state index is 12.5. The van der Waals surface area contributed by atoms with Gasteiger partial charge >= 0.3 is 5.97 Å². The highest BCUT2D eigenvalue weighted by Crippen LogP contribution is 2.19. The van der Waals surface area contributed by atoms with Crippen LogP contribution < -0.4 is 5.32 Å². The van der Waals surface area contributed by atoms with Gasteiger partial charge in [0.2, 0.25) is 5.91 Å². The Kier molecular flexibility index (Phi) is 62.4. The molecule has 6 nitrogen and oxygen atoms in total. The topological polar surface area (TPSA) is 95.9 Å². The van der Waals surface area contributed by atoms with E-state index < -0.39 is 12.1 Å². The minimum atomic E-state index is -0.661. The molecule has 0 fully saturated rings. The highest BCUT2D eigenvalue weighted by Gasteiger charge is 2.20. The predicted molar refractivity (Wildman–Crippen MR) is 324 cm³/mol. The van der Waals surface area contributed by atoms with E-state index in [1.54, 1.807) is 0 Å². The van der Waals surface area contributed by atoms with E-state index in [-0.39, 0.29) is 18.5 Å². The van der Waals surface area contributed by atoms with E-state index in [0.717, 1.165) is 51.4 Å². The Morgan fingerprint density at radius 3 is 1.05 bits per heavy atom. The Balaban J connectivity index is 3.33. The maximum atomic E-state index is 12.5. The number of rotatable bonds is 63. The summed E-state index contributed by atoms with van der Waals surface area (Å²) in [6, 6.07) is -0.538. The van der Waals surface area contributed by atoms with Crippen LogP contribution in [-0.2, 0) is 14.3 Å². The molecule has 0 bridgehead atoms. The highest BCUT2D eigenvalue weighted by molar-refractivity contribution is 5.76. The van der Waals surface area contributed by atoms with E-state index in [4.69, 9.17) is 4.74 Å². The maximum Gasteiger partial charge on any atom is 0.305 e. The first-order valence-electron chi connectivity index (χ1n) is 33.6. The number of ether oxygens (including phenoxy) is 1. The Morgan fingerprint density at radius 1 is 0.378 bits per heavy atom. The summed E-state index contributed by atoms with van der Waals surface area (Å²) in [6.45, 7) is 4.95. The molecule has 438 valence electrons. The van der Waals surface area contributed by atoms with Crippen LogP contribution in [0, 0.1) is 0 Å². The number of nitrogens with one attached hydrogen (secondary N) is 1. The van der Waals surface area contributed by atoms with Crippen molar-refractivity contribution >= 4 is 11.9 Å². The first-order valence-corrected chi connectivity index (χ1v) is 33.6. The lowest BCUT2D eigenvalue weighted by molar-refractivity contribution is -0.143. The van der Waals surface area contributed by atoms with Crippen molar-refractivity contribution in [2.24, 2.45) is 0 Å². The fourth-order valence-electron chi connectivity index (χ4n) is 10.6. The molecule has 0 aromatic carbocycles. The van der Waals surface area contributed by atoms with Crippen LogP contribution in [0.2, 0.25) is 0 Å². The van der Waals surface area contributed by atoms with Gasteiger partial charge in [0.1, 0.15) is 0 Å². The lowest BCUT2D eigenvalue weighted by Gasteiger charge is -2.22. The number of esters is 1. The predicted octanol–water partition coefficient (Wildman–Crippen LogP) is 21.4. The van der Waals surface area contributed by atoms with Gasteiger partial charge < -0.3 is 20.3 Å². The van der Waals surface area contributed by atoms with Crippen LogP contribution in [0.4, 0.5) is 0 Å². The van der Waals surface area contributed by atoms with Gasteiger partial charge in [0.15, 0.2) is 0 Å². The van der Waals surface area contributed by atoms with Gasteiger partial charge in [0.05, 0.1) is 25.4 Å². The van der Waals surface area contributed by atoms with Crippen molar-refractivity contribution in [3.05, 3.63) is 24.3 Å². The molecule has 0 spiro atoms. The second-order valence-corrected chi connectivity index (χ2v) is 23.2. The first-order chi connectivity index (χ1) is 36.5. The van der Waals surface area contributed by atoms with Crippen LogP contribution in [-0.4, -0.2) is 47.4 Å². The second kappa shape index (κ2) is 63.9. The Bertz CT molecular complexity index is 1150. The van der Waals surface area contributed by atoms with Gasteiger partial charge in [-0.2, -0.15) is 0 Å². The van der Waals surface area contributed by atoms with Crippen LogP contribution >= 0.6 is 0 Å². The molecule has 0 saturated heterocycles. The molecule has 0 aromatic heterocycles. The van der Waals surface area contributed by atoms with E-state index in [2.05, 4.69) is 43.5 Å². The third kappa shape index (κ3) is 59.6. The van der Waals surface area contributed by atoms with Crippen LogP contribution in [0.25, 0.3) is 0 Å². The molecular formula is C68H131NO5. The quantitative estimate of drug-likeness (QED) is 0.0320. The number of allylic oxidation sites excluding steroid dienone is 4. The summed E-state index contributed by atoms with van der Waals surface area (Å²) < 4.78 is 5.50. The fourth-order valence-corrected chi connectivity index (χ4v) is 10.6. The summed E-state index contributed by atoms with van der Waals surface area (Å²) in [5, 5.41) is 23.3. The van der Waals surface area contributed by atoms with E-state index in [0.29, 0.717) is 25.9 Å². The van der Waals surface area contributed by atoms with Crippen LogP contribution in [0.3, 0.4) is 0 Å². The van der Waals surface area contributed by atoms with Crippen LogP contribution in [0.15, 0.2) is 24.3 Å². The molecule has 0 heterocycles. The number of carbonyl (C=O) groups is 2. The smallest absolute Gasteiger partial charge is 0.305 e. The minimum Gasteiger partial charge on any atom is -0.466 e. The summed E-state index contributed by atoms with van der Waals surface area (Å²) in [4.78, 5) is 24.6. The minimum absolute atomic E-state index is 0.0108. The summed E-state index contributed by atoms with van der Waals surface area (Å²) in [5.41, 5.74) is 0. The number of carbonyl (C=O) groups excluding carboxylic acids is 2. The van der Waals surface area contributed by atoms with Crippen LogP contribution in [0.5, 0.6) is 0 Å². The van der Waals surface area contributed by atoms with Crippen molar-refractivity contribution in [2.45, 2.75) is 386 Å². The van der Waals surface area contributed by atoms with Crippen molar-refractivity contribution in [3.8, 4) is 0 Å². The number of aliphatic hydroxyl groups excluding tert-OH is 2. The summed E-state index contributed by atoms with van der Waals surface area (Å²) in [7, 11) is 0. The van der Waals surface area contributed by atoms with Gasteiger partial charge in [0.25, 0.3) is 0 Å². The van der Waals surface area contributed by atoms with Gasteiger partial charge in [-0.15, -0.1) is 0 Å². The molecule has 2 unspecified atom stereocenters. The van der Waals surface area contributed by atoms with E-state index in [1.807, 2.05) is 0 Å². The van der Waals surface area contributed by atoms with Gasteiger partial charge in [-0.1, -0.05) is 327 Å². The normalized spacial score (nSPS) is 12.6. The lowest BCUT2D eigenvalue weighted by atomic mass is 10.0. The third-order valence-corrected chi connectivity index (χ3v) is 15.8. The molecule has 0 aliphatic heterocycles. The number of hydrogen-bond acceptors (Lipinski definition) is 5.